The van der Waals surface area contributed by atoms with Crippen LogP contribution in [0, 0.1) is 6.92 Å². The molecule has 0 aliphatic carbocycles. The van der Waals surface area contributed by atoms with Crippen LogP contribution in [0.2, 0.25) is 0 Å². The first-order chi connectivity index (χ1) is 14.8. The van der Waals surface area contributed by atoms with E-state index in [9.17, 15) is 13.2 Å². The van der Waals surface area contributed by atoms with Gasteiger partial charge < -0.3 is 4.90 Å². The minimum atomic E-state index is -4.34. The minimum Gasteiger partial charge on any atom is -0.360 e. The number of aryl methyl sites for hydroxylation is 1. The molecule has 1 aliphatic heterocycles. The summed E-state index contributed by atoms with van der Waals surface area (Å²) in [4.78, 5) is 6.38. The molecule has 0 amide bonds. The topological polar surface area (TPSA) is 15.9 Å². The predicted molar refractivity (Wildman–Crippen MR) is 120 cm³/mol. The van der Waals surface area contributed by atoms with Crippen molar-refractivity contribution in [1.29, 1.82) is 0 Å². The van der Waals surface area contributed by atoms with E-state index in [-0.39, 0.29) is 6.04 Å². The molecule has 5 rings (SSSR count). The normalized spacial score (nSPS) is 16.0. The van der Waals surface area contributed by atoms with Crippen LogP contribution in [-0.2, 0) is 6.18 Å². The third-order valence-corrected chi connectivity index (χ3v) is 6.56. The van der Waals surface area contributed by atoms with Gasteiger partial charge in [-0.05, 0) is 65.1 Å². The summed E-state index contributed by atoms with van der Waals surface area (Å²) in [6.07, 6.45) is -4.34. The lowest BCUT2D eigenvalue weighted by Crippen LogP contribution is -2.05. The van der Waals surface area contributed by atoms with Crippen LogP contribution in [0.3, 0.4) is 0 Å². The van der Waals surface area contributed by atoms with E-state index in [1.54, 1.807) is 17.4 Å². The molecule has 1 aromatic heterocycles. The van der Waals surface area contributed by atoms with Crippen molar-refractivity contribution in [3.05, 3.63) is 95.0 Å². The molecule has 156 valence electrons. The molecule has 0 radical (unpaired) electrons. The molecule has 0 saturated carbocycles. The lowest BCUT2D eigenvalue weighted by molar-refractivity contribution is -0.137. The summed E-state index contributed by atoms with van der Waals surface area (Å²) >= 11 is 1.61. The molecule has 2 heterocycles. The Morgan fingerprint density at radius 1 is 1.10 bits per heavy atom. The third kappa shape index (κ3) is 3.72. The Labute approximate surface area is 182 Å². The van der Waals surface area contributed by atoms with Gasteiger partial charge in [-0.1, -0.05) is 36.9 Å². The van der Waals surface area contributed by atoms with E-state index in [1.807, 2.05) is 22.5 Å². The van der Waals surface area contributed by atoms with Crippen molar-refractivity contribution >= 4 is 27.3 Å². The number of thiazole rings is 1. The summed E-state index contributed by atoms with van der Waals surface area (Å²) in [6, 6.07) is 17.9. The molecule has 1 atom stereocenters. The van der Waals surface area contributed by atoms with Gasteiger partial charge >= 0.3 is 6.18 Å². The van der Waals surface area contributed by atoms with Crippen LogP contribution in [0.1, 0.15) is 28.3 Å². The number of benzene rings is 3. The molecular weight excluding hydrogens is 417 g/mol. The number of rotatable bonds is 4. The lowest BCUT2D eigenvalue weighted by Gasteiger charge is -2.14. The van der Waals surface area contributed by atoms with E-state index >= 15 is 0 Å². The minimum absolute atomic E-state index is 0.0758. The standard InChI is InChI=1S/C25H19F3N2S/c1-15-6-7-17(11-21(15)18-8-9-22-24(12-18)31-14-29-22)16(2)30-13-23(30)19-4-3-5-20(10-19)25(26,27)28/h3-12,14,23H,2,13H2,1H3/t23-,30?/m0/s1. The van der Waals surface area contributed by atoms with E-state index in [0.29, 0.717) is 12.1 Å². The summed E-state index contributed by atoms with van der Waals surface area (Å²) in [5.74, 6) is 0. The molecule has 1 fully saturated rings. The average molecular weight is 437 g/mol. The van der Waals surface area contributed by atoms with Crippen molar-refractivity contribution in [2.24, 2.45) is 0 Å². The second-order valence-electron chi connectivity index (χ2n) is 7.80. The SMILES string of the molecule is C=C(c1ccc(C)c(-c2ccc3ncsc3c2)c1)N1C[C@H]1c1cccc(C(F)(F)F)c1. The zero-order valence-corrected chi connectivity index (χ0v) is 17.6. The number of alkyl halides is 3. The maximum absolute atomic E-state index is 13.1. The van der Waals surface area contributed by atoms with Crippen LogP contribution in [0.25, 0.3) is 27.0 Å². The molecule has 1 saturated heterocycles. The molecule has 4 aromatic rings. The molecule has 6 heteroatoms. The quantitative estimate of drug-likeness (QED) is 0.312. The molecule has 0 bridgehead atoms. The Kier molecular flexibility index (Phi) is 4.63. The van der Waals surface area contributed by atoms with E-state index < -0.39 is 11.7 Å². The first-order valence-electron chi connectivity index (χ1n) is 9.88. The molecule has 0 spiro atoms. The summed E-state index contributed by atoms with van der Waals surface area (Å²) in [5.41, 5.74) is 8.06. The Balaban J connectivity index is 1.41. The highest BCUT2D eigenvalue weighted by molar-refractivity contribution is 7.16. The second-order valence-corrected chi connectivity index (χ2v) is 8.69. The molecule has 1 aliphatic rings. The van der Waals surface area contributed by atoms with E-state index in [4.69, 9.17) is 0 Å². The highest BCUT2D eigenvalue weighted by atomic mass is 32.1. The van der Waals surface area contributed by atoms with Crippen molar-refractivity contribution < 1.29 is 13.2 Å². The number of fused-ring (bicyclic) bond motifs is 1. The van der Waals surface area contributed by atoms with Gasteiger partial charge in [-0.15, -0.1) is 11.3 Å². The lowest BCUT2D eigenvalue weighted by atomic mass is 9.97. The maximum atomic E-state index is 13.1. The summed E-state index contributed by atoms with van der Waals surface area (Å²) in [7, 11) is 0. The second kappa shape index (κ2) is 7.24. The first kappa shape index (κ1) is 19.8. The van der Waals surface area contributed by atoms with Gasteiger partial charge in [-0.3, -0.25) is 0 Å². The number of aromatic nitrogens is 1. The number of nitrogens with zero attached hydrogens (tertiary/aromatic N) is 2. The monoisotopic (exact) mass is 436 g/mol. The van der Waals surface area contributed by atoms with Crippen molar-refractivity contribution in [3.63, 3.8) is 0 Å². The zero-order valence-electron chi connectivity index (χ0n) is 16.8. The van der Waals surface area contributed by atoms with Crippen molar-refractivity contribution in [2.75, 3.05) is 6.54 Å². The van der Waals surface area contributed by atoms with Crippen LogP contribution >= 0.6 is 11.3 Å². The van der Waals surface area contributed by atoms with Gasteiger partial charge in [0.15, 0.2) is 0 Å². The summed E-state index contributed by atoms with van der Waals surface area (Å²) in [5, 5.41) is 0. The highest BCUT2D eigenvalue weighted by Gasteiger charge is 2.38. The highest BCUT2D eigenvalue weighted by Crippen LogP contribution is 2.43. The van der Waals surface area contributed by atoms with Gasteiger partial charge in [-0.2, -0.15) is 13.2 Å². The Hall–Kier alpha value is -3.12. The number of hydrogen-bond donors (Lipinski definition) is 0. The van der Waals surface area contributed by atoms with Crippen LogP contribution in [0.4, 0.5) is 13.2 Å². The Morgan fingerprint density at radius 3 is 2.74 bits per heavy atom. The van der Waals surface area contributed by atoms with Gasteiger partial charge in [0.1, 0.15) is 0 Å². The fourth-order valence-electron chi connectivity index (χ4n) is 3.95. The maximum Gasteiger partial charge on any atom is 0.416 e. The third-order valence-electron chi connectivity index (χ3n) is 5.77. The van der Waals surface area contributed by atoms with Crippen molar-refractivity contribution in [2.45, 2.75) is 19.1 Å². The molecule has 0 N–H and O–H groups in total. The number of halogens is 3. The fourth-order valence-corrected chi connectivity index (χ4v) is 4.66. The Morgan fingerprint density at radius 2 is 1.94 bits per heavy atom. The van der Waals surface area contributed by atoms with Crippen LogP contribution in [-0.4, -0.2) is 16.4 Å². The first-order valence-corrected chi connectivity index (χ1v) is 10.8. The van der Waals surface area contributed by atoms with E-state index in [2.05, 4.69) is 42.8 Å². The van der Waals surface area contributed by atoms with Gasteiger partial charge in [0.05, 0.1) is 27.3 Å². The van der Waals surface area contributed by atoms with Gasteiger partial charge in [0.25, 0.3) is 0 Å². The fraction of sp³-hybridized carbons (Fsp3) is 0.160. The van der Waals surface area contributed by atoms with Crippen molar-refractivity contribution in [3.8, 4) is 11.1 Å². The molecule has 31 heavy (non-hydrogen) atoms. The average Bonchev–Trinajstić information content (AvgIpc) is 3.42. The summed E-state index contributed by atoms with van der Waals surface area (Å²) in [6.45, 7) is 6.97. The van der Waals surface area contributed by atoms with Gasteiger partial charge in [0.2, 0.25) is 0 Å². The van der Waals surface area contributed by atoms with Crippen LogP contribution in [0.15, 0.2) is 72.8 Å². The van der Waals surface area contributed by atoms with Gasteiger partial charge in [0, 0.05) is 12.2 Å². The molecular formula is C25H19F3N2S. The summed E-state index contributed by atoms with van der Waals surface area (Å²) < 4.78 is 40.3. The predicted octanol–water partition coefficient (Wildman–Crippen LogP) is 7.32. The Bertz CT molecular complexity index is 1310. The number of hydrogen-bond acceptors (Lipinski definition) is 3. The van der Waals surface area contributed by atoms with Gasteiger partial charge in [-0.25, -0.2) is 4.98 Å². The van der Waals surface area contributed by atoms with E-state index in [1.165, 1.54) is 12.1 Å². The van der Waals surface area contributed by atoms with Crippen molar-refractivity contribution in [1.82, 2.24) is 9.88 Å². The molecule has 0 unspecified atom stereocenters. The van der Waals surface area contributed by atoms with Crippen LogP contribution < -0.4 is 0 Å². The zero-order chi connectivity index (χ0) is 21.8. The molecule has 3 aromatic carbocycles. The van der Waals surface area contributed by atoms with Crippen LogP contribution in [0.5, 0.6) is 0 Å². The largest absolute Gasteiger partial charge is 0.416 e. The molecule has 2 nitrogen and oxygen atoms in total. The smallest absolute Gasteiger partial charge is 0.360 e. The van der Waals surface area contributed by atoms with E-state index in [0.717, 1.165) is 44.2 Å².